The van der Waals surface area contributed by atoms with Gasteiger partial charge < -0.3 is 30.0 Å². The summed E-state index contributed by atoms with van der Waals surface area (Å²) >= 11 is 0. The second kappa shape index (κ2) is 13.0. The molecule has 4 aromatic rings. The lowest BCUT2D eigenvalue weighted by molar-refractivity contribution is -0.139. The predicted octanol–water partition coefficient (Wildman–Crippen LogP) is 5.35. The van der Waals surface area contributed by atoms with Crippen molar-refractivity contribution in [3.05, 3.63) is 86.7 Å². The van der Waals surface area contributed by atoms with Crippen molar-refractivity contribution in [1.82, 2.24) is 25.2 Å². The highest BCUT2D eigenvalue weighted by molar-refractivity contribution is 6.09. The van der Waals surface area contributed by atoms with Gasteiger partial charge in [0.25, 0.3) is 11.5 Å². The molecule has 238 valence electrons. The summed E-state index contributed by atoms with van der Waals surface area (Å²) in [5.74, 6) is -1.52. The van der Waals surface area contributed by atoms with E-state index >= 15 is 0 Å². The number of carbonyl (C=O) groups is 3. The summed E-state index contributed by atoms with van der Waals surface area (Å²) in [7, 11) is 0. The molecule has 0 aliphatic rings. The van der Waals surface area contributed by atoms with Crippen LogP contribution >= 0.6 is 0 Å². The van der Waals surface area contributed by atoms with Crippen LogP contribution in [0.15, 0.2) is 47.5 Å². The lowest BCUT2D eigenvalue weighted by Crippen LogP contribution is -2.44. The van der Waals surface area contributed by atoms with E-state index in [2.05, 4.69) is 39.0 Å². The number of fused-ring (bicyclic) bond motifs is 1. The Hall–Kier alpha value is -4.93. The highest BCUT2D eigenvalue weighted by atomic mass is 16.6. The Bertz CT molecular complexity index is 1810. The molecule has 1 atom stereocenters. The summed E-state index contributed by atoms with van der Waals surface area (Å²) in [6, 6.07) is 8.10. The maximum absolute atomic E-state index is 13.7. The zero-order valence-electron chi connectivity index (χ0n) is 27.0. The van der Waals surface area contributed by atoms with Crippen LogP contribution in [0.25, 0.3) is 22.0 Å². The minimum Gasteiger partial charge on any atom is -0.480 e. The molecule has 0 saturated heterocycles. The average Bonchev–Trinajstić information content (AvgIpc) is 3.27. The van der Waals surface area contributed by atoms with Crippen LogP contribution in [0.3, 0.4) is 0 Å². The third kappa shape index (κ3) is 7.78. The SMILES string of the molecule is Cc1cc(C)c(CNC(=O)c2cc(-c3ccc(C[C@H](NC(=O)OC(C)(C)C)C(=O)O)nc3)cc3c2c(C)cn3C(C)C)c(=O)[nH]1. The maximum atomic E-state index is 13.7. The summed E-state index contributed by atoms with van der Waals surface area (Å²) in [6.07, 6.45) is 2.77. The number of nitrogens with one attached hydrogen (secondary N) is 3. The molecule has 0 radical (unpaired) electrons. The summed E-state index contributed by atoms with van der Waals surface area (Å²) in [4.78, 5) is 57.6. The predicted molar refractivity (Wildman–Crippen MR) is 172 cm³/mol. The summed E-state index contributed by atoms with van der Waals surface area (Å²) in [5, 5.41) is 15.8. The summed E-state index contributed by atoms with van der Waals surface area (Å²) < 4.78 is 7.31. The van der Waals surface area contributed by atoms with Gasteiger partial charge in [-0.15, -0.1) is 0 Å². The number of nitrogens with zero attached hydrogens (tertiary/aromatic N) is 2. The lowest BCUT2D eigenvalue weighted by Gasteiger charge is -2.22. The van der Waals surface area contributed by atoms with Crippen molar-refractivity contribution >= 4 is 28.9 Å². The molecule has 0 bridgehead atoms. The fourth-order valence-corrected chi connectivity index (χ4v) is 5.30. The number of carbonyl (C=O) groups excluding carboxylic acids is 2. The number of aliphatic carboxylic acids is 1. The Labute approximate surface area is 262 Å². The Morgan fingerprint density at radius 3 is 2.33 bits per heavy atom. The van der Waals surface area contributed by atoms with E-state index in [0.717, 1.165) is 38.9 Å². The molecule has 2 amide bonds. The standard InChI is InChI=1S/C34H41N5O6/c1-18(2)39-17-20(4)29-25(30(40)36-16-26-19(3)11-21(5)37-31(26)41)12-23(13-28(29)39)22-9-10-24(35-15-22)14-27(32(42)43)38-33(44)45-34(6,7)8/h9-13,15,17-18,27H,14,16H2,1-8H3,(H,36,40)(H,37,41)(H,38,44)(H,42,43)/t27-/m0/s1. The van der Waals surface area contributed by atoms with Crippen molar-refractivity contribution in [1.29, 1.82) is 0 Å². The van der Waals surface area contributed by atoms with Crippen molar-refractivity contribution in [3.63, 3.8) is 0 Å². The van der Waals surface area contributed by atoms with Crippen LogP contribution in [0.5, 0.6) is 0 Å². The molecule has 0 aliphatic carbocycles. The van der Waals surface area contributed by atoms with E-state index in [1.165, 1.54) is 0 Å². The minimum atomic E-state index is -1.23. The van der Waals surface area contributed by atoms with Gasteiger partial charge in [-0.1, -0.05) is 6.07 Å². The quantitative estimate of drug-likeness (QED) is 0.198. The third-order valence-corrected chi connectivity index (χ3v) is 7.40. The number of amides is 2. The van der Waals surface area contributed by atoms with Crippen molar-refractivity contribution in [2.75, 3.05) is 0 Å². The molecule has 45 heavy (non-hydrogen) atoms. The fourth-order valence-electron chi connectivity index (χ4n) is 5.30. The first-order valence-electron chi connectivity index (χ1n) is 14.8. The number of benzene rings is 1. The van der Waals surface area contributed by atoms with Crippen molar-refractivity contribution in [2.45, 2.75) is 86.0 Å². The van der Waals surface area contributed by atoms with Crippen LogP contribution in [-0.4, -0.2) is 49.3 Å². The number of aromatic nitrogens is 3. The van der Waals surface area contributed by atoms with E-state index in [0.29, 0.717) is 16.8 Å². The first-order chi connectivity index (χ1) is 21.0. The van der Waals surface area contributed by atoms with Gasteiger partial charge in [-0.3, -0.25) is 14.6 Å². The van der Waals surface area contributed by atoms with Gasteiger partial charge in [0.2, 0.25) is 0 Å². The van der Waals surface area contributed by atoms with Crippen molar-refractivity contribution in [2.24, 2.45) is 0 Å². The van der Waals surface area contributed by atoms with E-state index in [-0.39, 0.29) is 30.5 Å². The molecule has 0 saturated carbocycles. The minimum absolute atomic E-state index is 0.0471. The van der Waals surface area contributed by atoms with E-state index in [1.54, 1.807) is 33.0 Å². The highest BCUT2D eigenvalue weighted by Crippen LogP contribution is 2.33. The molecule has 0 fully saturated rings. The molecule has 0 aliphatic heterocycles. The van der Waals surface area contributed by atoms with Crippen LogP contribution in [0.2, 0.25) is 0 Å². The smallest absolute Gasteiger partial charge is 0.408 e. The van der Waals surface area contributed by atoms with Crippen molar-refractivity contribution in [3.8, 4) is 11.1 Å². The van der Waals surface area contributed by atoms with Gasteiger partial charge in [0.05, 0.1) is 0 Å². The Morgan fingerprint density at radius 1 is 1.04 bits per heavy atom. The number of aromatic amines is 1. The normalized spacial score (nSPS) is 12.3. The number of H-pyrrole nitrogens is 1. The molecule has 3 heterocycles. The molecule has 3 aromatic heterocycles. The molecule has 11 heteroatoms. The van der Waals surface area contributed by atoms with E-state index in [1.807, 2.05) is 51.2 Å². The van der Waals surface area contributed by atoms with Crippen LogP contribution in [0.1, 0.15) is 79.1 Å². The number of hydrogen-bond acceptors (Lipinski definition) is 6. The maximum Gasteiger partial charge on any atom is 0.408 e. The highest BCUT2D eigenvalue weighted by Gasteiger charge is 2.25. The van der Waals surface area contributed by atoms with Gasteiger partial charge in [-0.2, -0.15) is 0 Å². The second-order valence-corrected chi connectivity index (χ2v) is 12.6. The lowest BCUT2D eigenvalue weighted by atomic mass is 9.98. The second-order valence-electron chi connectivity index (χ2n) is 12.6. The van der Waals surface area contributed by atoms with Crippen LogP contribution in [0, 0.1) is 20.8 Å². The third-order valence-electron chi connectivity index (χ3n) is 7.40. The number of hydrogen-bond donors (Lipinski definition) is 4. The Morgan fingerprint density at radius 2 is 1.76 bits per heavy atom. The molecular weight excluding hydrogens is 574 g/mol. The van der Waals surface area contributed by atoms with Gasteiger partial charge >= 0.3 is 12.1 Å². The molecule has 11 nitrogen and oxygen atoms in total. The Kier molecular flexibility index (Phi) is 9.50. The van der Waals surface area contributed by atoms with Gasteiger partial charge in [-0.05, 0) is 96.3 Å². The van der Waals surface area contributed by atoms with E-state index in [9.17, 15) is 24.3 Å². The van der Waals surface area contributed by atoms with Crippen LogP contribution < -0.4 is 16.2 Å². The van der Waals surface area contributed by atoms with Gasteiger partial charge in [0, 0.05) is 70.4 Å². The number of pyridine rings is 2. The number of alkyl carbamates (subject to hydrolysis) is 1. The topological polar surface area (TPSA) is 155 Å². The molecule has 0 spiro atoms. The number of ether oxygens (including phenoxy) is 1. The first-order valence-corrected chi connectivity index (χ1v) is 14.8. The molecular formula is C34H41N5O6. The zero-order valence-corrected chi connectivity index (χ0v) is 27.0. The number of carboxylic acids is 1. The van der Waals surface area contributed by atoms with E-state index < -0.39 is 23.7 Å². The molecule has 1 aromatic carbocycles. The monoisotopic (exact) mass is 615 g/mol. The van der Waals surface area contributed by atoms with Crippen LogP contribution in [0.4, 0.5) is 4.79 Å². The molecule has 0 unspecified atom stereocenters. The van der Waals surface area contributed by atoms with Gasteiger partial charge in [0.1, 0.15) is 11.6 Å². The number of carboxylic acid groups (broad SMARTS) is 1. The molecule has 4 N–H and O–H groups in total. The zero-order chi connectivity index (χ0) is 33.2. The average molecular weight is 616 g/mol. The van der Waals surface area contributed by atoms with Crippen molar-refractivity contribution < 1.29 is 24.2 Å². The Balaban J connectivity index is 1.66. The summed E-state index contributed by atoms with van der Waals surface area (Å²) in [5.41, 5.74) is 5.29. The summed E-state index contributed by atoms with van der Waals surface area (Å²) in [6.45, 7) is 14.9. The van der Waals surface area contributed by atoms with Gasteiger partial charge in [0.15, 0.2) is 0 Å². The van der Waals surface area contributed by atoms with Gasteiger partial charge in [-0.25, -0.2) is 9.59 Å². The first kappa shape index (κ1) is 33.0. The fraction of sp³-hybridized carbons (Fsp3) is 0.382. The van der Waals surface area contributed by atoms with Crippen LogP contribution in [-0.2, 0) is 22.5 Å². The number of aryl methyl sites for hydroxylation is 3. The largest absolute Gasteiger partial charge is 0.480 e. The molecule has 4 rings (SSSR count). The number of rotatable bonds is 9. The van der Waals surface area contributed by atoms with E-state index in [4.69, 9.17) is 4.74 Å².